The minimum Gasteiger partial charge on any atom is -0.358 e. The van der Waals surface area contributed by atoms with Crippen molar-refractivity contribution in [3.05, 3.63) is 0 Å². The molecule has 132 valence electrons. The van der Waals surface area contributed by atoms with Crippen molar-refractivity contribution >= 4 is 47.2 Å². The summed E-state index contributed by atoms with van der Waals surface area (Å²) in [5.74, 6) is -1.23. The van der Waals surface area contributed by atoms with Gasteiger partial charge in [0.1, 0.15) is 18.6 Å². The van der Waals surface area contributed by atoms with Gasteiger partial charge in [-0.25, -0.2) is 8.78 Å². The molecule has 1 saturated heterocycles. The summed E-state index contributed by atoms with van der Waals surface area (Å²) in [5.41, 5.74) is 0. The van der Waals surface area contributed by atoms with Crippen LogP contribution in [0.3, 0.4) is 0 Å². The van der Waals surface area contributed by atoms with Crippen molar-refractivity contribution in [2.24, 2.45) is 0 Å². The molecule has 1 unspecified atom stereocenters. The van der Waals surface area contributed by atoms with E-state index in [0.717, 1.165) is 28.4 Å². The lowest BCUT2D eigenvalue weighted by molar-refractivity contribution is -0.142. The second kappa shape index (κ2) is 12.1. The van der Waals surface area contributed by atoms with E-state index in [-0.39, 0.29) is 24.6 Å². The Labute approximate surface area is 141 Å². The molecule has 1 rings (SSSR count). The van der Waals surface area contributed by atoms with Gasteiger partial charge >= 0.3 is 0 Å². The first-order chi connectivity index (χ1) is 10.9. The molecule has 1 aliphatic heterocycles. The fraction of sp³-hybridized carbons (Fsp3) is 0.667. The number of nitrogens with one attached hydrogen (secondary N) is 2. The Bertz CT molecular complexity index is 441. The van der Waals surface area contributed by atoms with E-state index in [0.29, 0.717) is 0 Å². The van der Waals surface area contributed by atoms with Crippen LogP contribution in [0.1, 0.15) is 6.42 Å². The lowest BCUT2D eigenvalue weighted by Gasteiger charge is -2.12. The van der Waals surface area contributed by atoms with Crippen LogP contribution in [0.15, 0.2) is 0 Å². The fourth-order valence-corrected chi connectivity index (χ4v) is 2.54. The normalized spacial score (nSPS) is 16.7. The van der Waals surface area contributed by atoms with E-state index >= 15 is 0 Å². The van der Waals surface area contributed by atoms with E-state index < -0.39 is 35.0 Å². The molecule has 7 nitrogen and oxygen atoms in total. The molecular formula is C12H19F2N3O4S2. The first kappa shape index (κ1) is 21.6. The number of nitrogens with zero attached hydrogens (tertiary/aromatic N) is 1. The van der Waals surface area contributed by atoms with Crippen LogP contribution in [0.5, 0.6) is 0 Å². The van der Waals surface area contributed by atoms with Gasteiger partial charge in [0.2, 0.25) is 23.6 Å². The number of likely N-dealkylation sites (tertiary alicyclic amines) is 1. The highest BCUT2D eigenvalue weighted by Gasteiger charge is 2.39. The monoisotopic (exact) mass is 369 g/mol. The zero-order valence-electron chi connectivity index (χ0n) is 12.8. The number of carbonyl (C=O) groups excluding carboxylic acids is 4. The first-order valence-corrected chi connectivity index (χ1v) is 8.68. The van der Waals surface area contributed by atoms with Crippen LogP contribution in [0.4, 0.5) is 8.78 Å². The van der Waals surface area contributed by atoms with E-state index in [1.807, 2.05) is 0 Å². The van der Waals surface area contributed by atoms with Gasteiger partial charge in [0.05, 0.1) is 11.0 Å². The second-order valence-corrected chi connectivity index (χ2v) is 6.13. The molecule has 1 fully saturated rings. The molecule has 11 heteroatoms. The lowest BCUT2D eigenvalue weighted by Crippen LogP contribution is -2.39. The van der Waals surface area contributed by atoms with Crippen molar-refractivity contribution in [3.8, 4) is 0 Å². The average Bonchev–Trinajstić information content (AvgIpc) is 2.81. The second-order valence-electron chi connectivity index (χ2n) is 4.09. The van der Waals surface area contributed by atoms with E-state index in [9.17, 15) is 28.0 Å². The van der Waals surface area contributed by atoms with Crippen molar-refractivity contribution in [3.63, 3.8) is 0 Å². The molecule has 1 atom stereocenters. The van der Waals surface area contributed by atoms with Gasteiger partial charge in [-0.2, -0.15) is 0 Å². The van der Waals surface area contributed by atoms with Crippen molar-refractivity contribution in [1.82, 2.24) is 15.5 Å². The highest BCUT2D eigenvalue weighted by molar-refractivity contribution is 8.00. The maximum absolute atomic E-state index is 12.0. The average molecular weight is 369 g/mol. The number of thioether (sulfide) groups is 2. The summed E-state index contributed by atoms with van der Waals surface area (Å²) in [6.07, 6.45) is -0.0234. The smallest absolute Gasteiger partial charge is 0.243 e. The fourth-order valence-electron chi connectivity index (χ4n) is 1.45. The SMILES string of the molecule is CNC(=O)CN1C(=O)CC(SC[18F])C1=O.CNC(=O)CSC[18F]. The minimum absolute atomic E-state index is 0.0234. The molecule has 0 bridgehead atoms. The van der Waals surface area contributed by atoms with Crippen molar-refractivity contribution in [1.29, 1.82) is 0 Å². The van der Waals surface area contributed by atoms with Crippen LogP contribution in [-0.4, -0.2) is 72.2 Å². The Kier molecular flexibility index (Phi) is 11.4. The van der Waals surface area contributed by atoms with E-state index in [1.165, 1.54) is 14.1 Å². The molecule has 0 radical (unpaired) electrons. The minimum atomic E-state index is -0.711. The van der Waals surface area contributed by atoms with Crippen molar-refractivity contribution in [2.75, 3.05) is 38.4 Å². The molecule has 0 saturated carbocycles. The Hall–Kier alpha value is -1.36. The van der Waals surface area contributed by atoms with E-state index in [2.05, 4.69) is 10.6 Å². The number of hydrogen-bond donors (Lipinski definition) is 2. The van der Waals surface area contributed by atoms with Gasteiger partial charge in [0, 0.05) is 20.5 Å². The summed E-state index contributed by atoms with van der Waals surface area (Å²) in [5, 5.41) is 4.01. The molecule has 4 amide bonds. The first-order valence-electron chi connectivity index (χ1n) is 6.47. The molecule has 0 aromatic rings. The van der Waals surface area contributed by atoms with Crippen molar-refractivity contribution < 1.29 is 28.0 Å². The number of hydrogen-bond acceptors (Lipinski definition) is 6. The summed E-state index contributed by atoms with van der Waals surface area (Å²) < 4.78 is 23.3. The number of alkyl halides is 2. The van der Waals surface area contributed by atoms with Gasteiger partial charge in [-0.15, -0.1) is 23.5 Å². The van der Waals surface area contributed by atoms with Gasteiger partial charge in [-0.3, -0.25) is 24.1 Å². The van der Waals surface area contributed by atoms with E-state index in [1.54, 1.807) is 0 Å². The predicted octanol–water partition coefficient (Wildman–Crippen LogP) is -0.0873. The Balaban J connectivity index is 0.000000515. The standard InChI is InChI=1S/C8H11FN2O3S.C4H8FNOS/c1-10-6(12)3-11-7(13)2-5(8(11)14)15-4-9;1-6-4(7)2-8-3-5/h5H,2-4H2,1H3,(H,10,12);2-3H2,1H3,(H,6,7)/i9-1;5-1. The van der Waals surface area contributed by atoms with Gasteiger partial charge < -0.3 is 10.6 Å². The van der Waals surface area contributed by atoms with Gasteiger partial charge in [-0.05, 0) is 0 Å². The summed E-state index contributed by atoms with van der Waals surface area (Å²) >= 11 is 1.74. The summed E-state index contributed by atoms with van der Waals surface area (Å²) in [7, 11) is 2.95. The van der Waals surface area contributed by atoms with Crippen LogP contribution >= 0.6 is 23.5 Å². The molecule has 0 aromatic carbocycles. The Morgan fingerprint density at radius 1 is 1.17 bits per heavy atom. The van der Waals surface area contributed by atoms with Crippen LogP contribution < -0.4 is 10.6 Å². The van der Waals surface area contributed by atoms with Crippen molar-refractivity contribution in [2.45, 2.75) is 11.7 Å². The maximum atomic E-state index is 12.0. The molecular weight excluding hydrogens is 350 g/mol. The quantitative estimate of drug-likeness (QED) is 0.609. The molecule has 1 aliphatic rings. The predicted molar refractivity (Wildman–Crippen MR) is 85.3 cm³/mol. The topological polar surface area (TPSA) is 95.6 Å². The summed E-state index contributed by atoms with van der Waals surface area (Å²) in [6, 6.07) is -1.20. The molecule has 23 heavy (non-hydrogen) atoms. The molecule has 0 spiro atoms. The summed E-state index contributed by atoms with van der Waals surface area (Å²) in [4.78, 5) is 44.9. The van der Waals surface area contributed by atoms with Crippen LogP contribution in [0.25, 0.3) is 0 Å². The zero-order chi connectivity index (χ0) is 17.8. The molecule has 1 heterocycles. The van der Waals surface area contributed by atoms with Crippen LogP contribution in [0, 0.1) is 0 Å². The van der Waals surface area contributed by atoms with Gasteiger partial charge in [0.15, 0.2) is 0 Å². The van der Waals surface area contributed by atoms with E-state index in [4.69, 9.17) is 0 Å². The van der Waals surface area contributed by atoms with Gasteiger partial charge in [0.25, 0.3) is 0 Å². The number of likely N-dealkylation sites (N-methyl/N-ethyl adjacent to an activating group) is 1. The zero-order valence-corrected chi connectivity index (χ0v) is 14.4. The third kappa shape index (κ3) is 8.16. The molecule has 0 aliphatic carbocycles. The molecule has 0 aromatic heterocycles. The lowest BCUT2D eigenvalue weighted by atomic mass is 10.4. The summed E-state index contributed by atoms with van der Waals surface area (Å²) in [6.45, 7) is -0.280. The Morgan fingerprint density at radius 2 is 1.78 bits per heavy atom. The third-order valence-electron chi connectivity index (χ3n) is 2.64. The number of imide groups is 1. The third-order valence-corrected chi connectivity index (χ3v) is 4.15. The van der Waals surface area contributed by atoms with Crippen LogP contribution in [0.2, 0.25) is 0 Å². The highest BCUT2D eigenvalue weighted by atomic mass is 32.2. The van der Waals surface area contributed by atoms with Gasteiger partial charge in [-0.1, -0.05) is 0 Å². The van der Waals surface area contributed by atoms with Crippen LogP contribution in [-0.2, 0) is 19.2 Å². The number of carbonyl (C=O) groups is 4. The largest absolute Gasteiger partial charge is 0.358 e. The Morgan fingerprint density at radius 3 is 2.26 bits per heavy atom. The highest BCUT2D eigenvalue weighted by Crippen LogP contribution is 2.24. The number of amides is 4. The molecule has 2 N–H and O–H groups in total. The maximum Gasteiger partial charge on any atom is 0.243 e. The number of rotatable bonds is 7. The number of halogens is 2.